The van der Waals surface area contributed by atoms with Gasteiger partial charge in [-0.1, -0.05) is 25.4 Å². The van der Waals surface area contributed by atoms with Crippen molar-refractivity contribution in [3.8, 4) is 5.69 Å². The molecule has 0 aliphatic rings. The summed E-state index contributed by atoms with van der Waals surface area (Å²) < 4.78 is 1.76. The Bertz CT molecular complexity index is 797. The number of carboxylic acids is 1. The molecule has 6 nitrogen and oxygen atoms in total. The lowest BCUT2D eigenvalue weighted by atomic mass is 10.0. The van der Waals surface area contributed by atoms with Crippen LogP contribution in [0.4, 0.5) is 0 Å². The standard InChI is InChI=1S/C19H24ClN3O3/c1-11(2)9-17(19(25)26)21-18(24)10-16-12(3)22-23(13(16)4)15-7-5-14(20)6-8-15/h5-8,11,17H,9-10H2,1-4H3,(H,21,24)(H,25,26). The van der Waals surface area contributed by atoms with E-state index in [0.717, 1.165) is 22.6 Å². The molecule has 1 unspecified atom stereocenters. The maximum absolute atomic E-state index is 12.4. The molecule has 0 bridgehead atoms. The highest BCUT2D eigenvalue weighted by Crippen LogP contribution is 2.20. The molecule has 0 aliphatic heterocycles. The van der Waals surface area contributed by atoms with Crippen LogP contribution in [0.2, 0.25) is 5.02 Å². The van der Waals surface area contributed by atoms with Crippen molar-refractivity contribution in [3.63, 3.8) is 0 Å². The Morgan fingerprint density at radius 3 is 2.38 bits per heavy atom. The van der Waals surface area contributed by atoms with Crippen LogP contribution in [-0.2, 0) is 16.0 Å². The van der Waals surface area contributed by atoms with Gasteiger partial charge in [-0.25, -0.2) is 9.48 Å². The predicted octanol–water partition coefficient (Wildman–Crippen LogP) is 3.30. The fourth-order valence-corrected chi connectivity index (χ4v) is 2.99. The molecule has 0 aliphatic carbocycles. The first kappa shape index (κ1) is 20.0. The van der Waals surface area contributed by atoms with E-state index in [4.69, 9.17) is 11.6 Å². The minimum Gasteiger partial charge on any atom is -0.480 e. The zero-order valence-electron chi connectivity index (χ0n) is 15.4. The van der Waals surface area contributed by atoms with Gasteiger partial charge in [0.15, 0.2) is 0 Å². The number of benzene rings is 1. The quantitative estimate of drug-likeness (QED) is 0.775. The fraction of sp³-hybridized carbons (Fsp3) is 0.421. The van der Waals surface area contributed by atoms with Crippen molar-refractivity contribution in [1.82, 2.24) is 15.1 Å². The lowest BCUT2D eigenvalue weighted by Gasteiger charge is -2.16. The van der Waals surface area contributed by atoms with E-state index in [-0.39, 0.29) is 18.2 Å². The minimum absolute atomic E-state index is 0.0904. The third-order valence-corrected chi connectivity index (χ3v) is 4.44. The van der Waals surface area contributed by atoms with Crippen molar-refractivity contribution < 1.29 is 14.7 Å². The number of carboxylic acid groups (broad SMARTS) is 1. The molecule has 0 fully saturated rings. The van der Waals surface area contributed by atoms with Crippen molar-refractivity contribution in [2.24, 2.45) is 5.92 Å². The molecule has 0 saturated carbocycles. The Morgan fingerprint density at radius 1 is 1.23 bits per heavy atom. The second kappa shape index (κ2) is 8.36. The first-order valence-electron chi connectivity index (χ1n) is 8.52. The van der Waals surface area contributed by atoms with Crippen LogP contribution in [0.3, 0.4) is 0 Å². The molecule has 7 heteroatoms. The number of amides is 1. The molecule has 1 aromatic heterocycles. The summed E-state index contributed by atoms with van der Waals surface area (Å²) in [4.78, 5) is 23.7. The number of hydrogen-bond donors (Lipinski definition) is 2. The fourth-order valence-electron chi connectivity index (χ4n) is 2.86. The van der Waals surface area contributed by atoms with Crippen molar-refractivity contribution in [2.45, 2.75) is 46.6 Å². The van der Waals surface area contributed by atoms with Gasteiger partial charge >= 0.3 is 5.97 Å². The summed E-state index contributed by atoms with van der Waals surface area (Å²) in [6.45, 7) is 7.57. The first-order chi connectivity index (χ1) is 12.2. The molecule has 26 heavy (non-hydrogen) atoms. The third kappa shape index (κ3) is 4.85. The molecule has 2 aromatic rings. The Labute approximate surface area is 158 Å². The van der Waals surface area contributed by atoms with Gasteiger partial charge in [0.25, 0.3) is 0 Å². The van der Waals surface area contributed by atoms with E-state index in [0.29, 0.717) is 11.4 Å². The summed E-state index contributed by atoms with van der Waals surface area (Å²) in [7, 11) is 0. The Kier molecular flexibility index (Phi) is 6.42. The molecular formula is C19H24ClN3O3. The second-order valence-electron chi connectivity index (χ2n) is 6.80. The Hall–Kier alpha value is -2.34. The highest BCUT2D eigenvalue weighted by atomic mass is 35.5. The number of aromatic nitrogens is 2. The smallest absolute Gasteiger partial charge is 0.326 e. The molecule has 2 rings (SSSR count). The molecule has 140 valence electrons. The van der Waals surface area contributed by atoms with Crippen LogP contribution in [0, 0.1) is 19.8 Å². The Balaban J connectivity index is 2.18. The number of aliphatic carboxylic acids is 1. The summed E-state index contributed by atoms with van der Waals surface area (Å²) in [6, 6.07) is 6.39. The lowest BCUT2D eigenvalue weighted by molar-refractivity contribution is -0.142. The van der Waals surface area contributed by atoms with Crippen LogP contribution in [-0.4, -0.2) is 32.8 Å². The first-order valence-corrected chi connectivity index (χ1v) is 8.90. The molecule has 1 amide bonds. The summed E-state index contributed by atoms with van der Waals surface area (Å²) in [6.07, 6.45) is 0.482. The summed E-state index contributed by atoms with van der Waals surface area (Å²) in [5.41, 5.74) is 3.23. The van der Waals surface area contributed by atoms with E-state index >= 15 is 0 Å². The minimum atomic E-state index is -1.02. The molecule has 1 atom stereocenters. The van der Waals surface area contributed by atoms with Crippen LogP contribution in [0.15, 0.2) is 24.3 Å². The summed E-state index contributed by atoms with van der Waals surface area (Å²) >= 11 is 5.92. The number of aryl methyl sites for hydroxylation is 1. The van der Waals surface area contributed by atoms with Gasteiger partial charge in [0, 0.05) is 16.3 Å². The highest BCUT2D eigenvalue weighted by molar-refractivity contribution is 6.30. The van der Waals surface area contributed by atoms with E-state index in [2.05, 4.69) is 10.4 Å². The van der Waals surface area contributed by atoms with Gasteiger partial charge in [-0.3, -0.25) is 4.79 Å². The zero-order valence-corrected chi connectivity index (χ0v) is 16.2. The van der Waals surface area contributed by atoms with E-state index in [9.17, 15) is 14.7 Å². The number of hydrogen-bond acceptors (Lipinski definition) is 3. The van der Waals surface area contributed by atoms with Crippen LogP contribution in [0.1, 0.15) is 37.2 Å². The average Bonchev–Trinajstić information content (AvgIpc) is 2.82. The van der Waals surface area contributed by atoms with E-state index in [1.807, 2.05) is 39.8 Å². The topological polar surface area (TPSA) is 84.2 Å². The number of nitrogens with zero attached hydrogens (tertiary/aromatic N) is 2. The van der Waals surface area contributed by atoms with E-state index in [1.54, 1.807) is 16.8 Å². The van der Waals surface area contributed by atoms with Crippen LogP contribution in [0.5, 0.6) is 0 Å². The summed E-state index contributed by atoms with van der Waals surface area (Å²) in [5.74, 6) is -1.16. The van der Waals surface area contributed by atoms with E-state index in [1.165, 1.54) is 0 Å². The van der Waals surface area contributed by atoms with Crippen molar-refractivity contribution >= 4 is 23.5 Å². The largest absolute Gasteiger partial charge is 0.480 e. The maximum Gasteiger partial charge on any atom is 0.326 e. The van der Waals surface area contributed by atoms with Crippen molar-refractivity contribution in [2.75, 3.05) is 0 Å². The van der Waals surface area contributed by atoms with Gasteiger partial charge in [0.2, 0.25) is 5.91 Å². The zero-order chi connectivity index (χ0) is 19.4. The normalized spacial score (nSPS) is 12.2. The number of carbonyl (C=O) groups excluding carboxylic acids is 1. The highest BCUT2D eigenvalue weighted by Gasteiger charge is 2.23. The monoisotopic (exact) mass is 377 g/mol. The van der Waals surface area contributed by atoms with Gasteiger partial charge < -0.3 is 10.4 Å². The SMILES string of the molecule is Cc1nn(-c2ccc(Cl)cc2)c(C)c1CC(=O)NC(CC(C)C)C(=O)O. The lowest BCUT2D eigenvalue weighted by Crippen LogP contribution is -2.42. The number of halogens is 1. The number of rotatable bonds is 7. The molecule has 1 aromatic carbocycles. The van der Waals surface area contributed by atoms with Gasteiger partial charge in [0.1, 0.15) is 6.04 Å². The van der Waals surface area contributed by atoms with Gasteiger partial charge in [-0.05, 0) is 50.5 Å². The Morgan fingerprint density at radius 2 is 1.85 bits per heavy atom. The van der Waals surface area contributed by atoms with Crippen LogP contribution in [0.25, 0.3) is 5.69 Å². The summed E-state index contributed by atoms with van der Waals surface area (Å²) in [5, 5.41) is 17.0. The molecule has 1 heterocycles. The van der Waals surface area contributed by atoms with Gasteiger partial charge in [0.05, 0.1) is 17.8 Å². The third-order valence-electron chi connectivity index (χ3n) is 4.19. The van der Waals surface area contributed by atoms with Crippen molar-refractivity contribution in [3.05, 3.63) is 46.2 Å². The second-order valence-corrected chi connectivity index (χ2v) is 7.24. The van der Waals surface area contributed by atoms with E-state index < -0.39 is 12.0 Å². The molecule has 0 radical (unpaired) electrons. The maximum atomic E-state index is 12.4. The average molecular weight is 378 g/mol. The predicted molar refractivity (Wildman–Crippen MR) is 101 cm³/mol. The number of nitrogens with one attached hydrogen (secondary N) is 1. The molecular weight excluding hydrogens is 354 g/mol. The van der Waals surface area contributed by atoms with Crippen LogP contribution >= 0.6 is 11.6 Å². The van der Waals surface area contributed by atoms with Gasteiger partial charge in [-0.15, -0.1) is 0 Å². The van der Waals surface area contributed by atoms with Crippen molar-refractivity contribution in [1.29, 1.82) is 0 Å². The molecule has 0 spiro atoms. The molecule has 0 saturated heterocycles. The van der Waals surface area contributed by atoms with Gasteiger partial charge in [-0.2, -0.15) is 5.10 Å². The van der Waals surface area contributed by atoms with Crippen LogP contribution < -0.4 is 5.32 Å². The number of carbonyl (C=O) groups is 2. The molecule has 2 N–H and O–H groups in total.